The summed E-state index contributed by atoms with van der Waals surface area (Å²) in [4.78, 5) is 4.48. The van der Waals surface area contributed by atoms with Crippen LogP contribution in [0.4, 0.5) is 0 Å². The average Bonchev–Trinajstić information content (AvgIpc) is 3.00. The largest absolute Gasteiger partial charge is 0.369 e. The topological polar surface area (TPSA) is 50.8 Å². The molecule has 0 bridgehead atoms. The number of nitrogens with one attached hydrogen (secondary N) is 1. The number of H-pyrrole nitrogens is 1. The highest BCUT2D eigenvalue weighted by Crippen LogP contribution is 2.44. The monoisotopic (exact) mass is 375 g/mol. The molecule has 0 radical (unpaired) electrons. The smallest absolute Gasteiger partial charge is 0.137 e. The first-order valence-corrected chi connectivity index (χ1v) is 7.84. The third-order valence-corrected chi connectivity index (χ3v) is 4.57. The molecule has 1 N–H and O–H groups in total. The molecule has 1 aromatic carbocycles. The Balaban J connectivity index is 2.01. The van der Waals surface area contributed by atoms with Crippen LogP contribution in [-0.4, -0.2) is 26.6 Å². The molecule has 1 saturated heterocycles. The van der Waals surface area contributed by atoms with Crippen molar-refractivity contribution >= 4 is 39.1 Å². The summed E-state index contributed by atoms with van der Waals surface area (Å²) in [5.74, 6) is 0.776. The van der Waals surface area contributed by atoms with Crippen molar-refractivity contribution in [2.75, 3.05) is 6.61 Å². The molecule has 0 amide bonds. The van der Waals surface area contributed by atoms with E-state index in [4.69, 9.17) is 27.9 Å². The summed E-state index contributed by atoms with van der Waals surface area (Å²) >= 11 is 16.0. The second-order valence-electron chi connectivity index (χ2n) is 4.84. The lowest BCUT2D eigenvalue weighted by molar-refractivity contribution is -0.000947. The first-order chi connectivity index (χ1) is 9.59. The van der Waals surface area contributed by atoms with E-state index in [0.717, 1.165) is 17.8 Å². The molecule has 1 aromatic heterocycles. The molecule has 3 rings (SSSR count). The number of hydrogen-bond donors (Lipinski definition) is 1. The van der Waals surface area contributed by atoms with Crippen LogP contribution in [0, 0.1) is 0 Å². The first kappa shape index (κ1) is 14.3. The quantitative estimate of drug-likeness (QED) is 0.830. The summed E-state index contributed by atoms with van der Waals surface area (Å²) in [7, 11) is 0. The van der Waals surface area contributed by atoms with Gasteiger partial charge in [-0.15, -0.1) is 0 Å². The fourth-order valence-corrected chi connectivity index (χ4v) is 3.81. The number of alkyl halides is 1. The molecule has 20 heavy (non-hydrogen) atoms. The van der Waals surface area contributed by atoms with Crippen molar-refractivity contribution < 1.29 is 4.74 Å². The van der Waals surface area contributed by atoms with Crippen molar-refractivity contribution in [3.8, 4) is 0 Å². The lowest BCUT2D eigenvalue weighted by Gasteiger charge is -2.29. The lowest BCUT2D eigenvalue weighted by Crippen LogP contribution is -2.29. The summed E-state index contributed by atoms with van der Waals surface area (Å²) in [6.45, 7) is 0.632. The van der Waals surface area contributed by atoms with Gasteiger partial charge >= 0.3 is 0 Å². The van der Waals surface area contributed by atoms with Crippen molar-refractivity contribution in [3.05, 3.63) is 46.0 Å². The van der Waals surface area contributed by atoms with Gasteiger partial charge in [-0.1, -0.05) is 45.2 Å². The van der Waals surface area contributed by atoms with Crippen LogP contribution < -0.4 is 0 Å². The molecule has 2 unspecified atom stereocenters. The van der Waals surface area contributed by atoms with Gasteiger partial charge in [0.25, 0.3) is 0 Å². The van der Waals surface area contributed by atoms with E-state index in [-0.39, 0.29) is 4.83 Å². The summed E-state index contributed by atoms with van der Waals surface area (Å²) < 4.78 is 6.07. The number of ether oxygens (including phenoxy) is 1. The van der Waals surface area contributed by atoms with Gasteiger partial charge in [-0.2, -0.15) is 5.10 Å². The van der Waals surface area contributed by atoms with E-state index in [2.05, 4.69) is 31.1 Å². The third kappa shape index (κ3) is 2.72. The highest BCUT2D eigenvalue weighted by atomic mass is 79.9. The van der Waals surface area contributed by atoms with Crippen molar-refractivity contribution in [2.45, 2.75) is 23.3 Å². The zero-order valence-electron chi connectivity index (χ0n) is 10.4. The summed E-state index contributed by atoms with van der Waals surface area (Å²) in [5.41, 5.74) is 0.428. The van der Waals surface area contributed by atoms with Gasteiger partial charge in [0, 0.05) is 26.9 Å². The molecule has 1 aliphatic rings. The summed E-state index contributed by atoms with van der Waals surface area (Å²) in [6.07, 6.45) is 2.90. The molecule has 1 fully saturated rings. The van der Waals surface area contributed by atoms with Crippen molar-refractivity contribution in [3.63, 3.8) is 0 Å². The Morgan fingerprint density at radius 1 is 1.45 bits per heavy atom. The van der Waals surface area contributed by atoms with E-state index in [1.165, 1.54) is 6.33 Å². The van der Waals surface area contributed by atoms with Crippen LogP contribution >= 0.6 is 39.1 Å². The average molecular weight is 377 g/mol. The highest BCUT2D eigenvalue weighted by Gasteiger charge is 2.43. The normalized spacial score (nSPS) is 26.1. The van der Waals surface area contributed by atoms with E-state index in [1.807, 2.05) is 12.1 Å². The fraction of sp³-hybridized carbons (Fsp3) is 0.385. The Morgan fingerprint density at radius 2 is 2.30 bits per heavy atom. The maximum atomic E-state index is 6.36. The Morgan fingerprint density at radius 3 is 2.90 bits per heavy atom. The van der Waals surface area contributed by atoms with Crippen LogP contribution in [0.2, 0.25) is 10.0 Å². The zero-order valence-corrected chi connectivity index (χ0v) is 13.5. The Labute approximate surface area is 135 Å². The molecular weight excluding hydrogens is 365 g/mol. The SMILES string of the molecule is Clc1ccc(C2(Cc3ncn[nH]3)CC(Br)CO2)c(Cl)c1. The number of hydrogen-bond acceptors (Lipinski definition) is 3. The maximum Gasteiger partial charge on any atom is 0.137 e. The molecule has 106 valence electrons. The van der Waals surface area contributed by atoms with Crippen LogP contribution in [0.1, 0.15) is 17.8 Å². The number of rotatable bonds is 3. The predicted molar refractivity (Wildman–Crippen MR) is 81.5 cm³/mol. The van der Waals surface area contributed by atoms with Crippen molar-refractivity contribution in [1.82, 2.24) is 15.2 Å². The van der Waals surface area contributed by atoms with Crippen LogP contribution in [0.5, 0.6) is 0 Å². The third-order valence-electron chi connectivity index (χ3n) is 3.43. The number of nitrogens with zero attached hydrogens (tertiary/aromatic N) is 2. The first-order valence-electron chi connectivity index (χ1n) is 6.17. The van der Waals surface area contributed by atoms with E-state index >= 15 is 0 Å². The van der Waals surface area contributed by atoms with Gasteiger partial charge in [0.2, 0.25) is 0 Å². The molecule has 7 heteroatoms. The van der Waals surface area contributed by atoms with Gasteiger partial charge in [0.15, 0.2) is 0 Å². The van der Waals surface area contributed by atoms with Gasteiger partial charge < -0.3 is 4.74 Å². The van der Waals surface area contributed by atoms with Crippen LogP contribution in [0.15, 0.2) is 24.5 Å². The lowest BCUT2D eigenvalue weighted by atomic mass is 9.87. The minimum Gasteiger partial charge on any atom is -0.369 e. The number of halogens is 3. The number of benzene rings is 1. The van der Waals surface area contributed by atoms with Crippen molar-refractivity contribution in [2.24, 2.45) is 0 Å². The van der Waals surface area contributed by atoms with E-state index in [1.54, 1.807) is 6.07 Å². The molecule has 0 spiro atoms. The van der Waals surface area contributed by atoms with Crippen LogP contribution in [0.3, 0.4) is 0 Å². The van der Waals surface area contributed by atoms with Gasteiger partial charge in [0.1, 0.15) is 17.8 Å². The standard InChI is InChI=1S/C13H12BrCl2N3O/c14-8-4-13(20-6-8,5-12-17-7-18-19-12)10-2-1-9(15)3-11(10)16/h1-3,7-8H,4-6H2,(H,17,18,19). The second-order valence-corrected chi connectivity index (χ2v) is 6.98. The second kappa shape index (κ2) is 5.64. The summed E-state index contributed by atoms with van der Waals surface area (Å²) in [5, 5.41) is 7.99. The van der Waals surface area contributed by atoms with E-state index in [9.17, 15) is 0 Å². The van der Waals surface area contributed by atoms with Crippen molar-refractivity contribution in [1.29, 1.82) is 0 Å². The summed E-state index contributed by atoms with van der Waals surface area (Å²) in [6, 6.07) is 5.49. The van der Waals surface area contributed by atoms with E-state index < -0.39 is 5.60 Å². The predicted octanol–water partition coefficient (Wildman–Crippen LogP) is 3.73. The van der Waals surface area contributed by atoms with E-state index in [0.29, 0.717) is 23.1 Å². The van der Waals surface area contributed by atoms with Gasteiger partial charge in [-0.05, 0) is 18.6 Å². The molecule has 2 heterocycles. The molecular formula is C13H12BrCl2N3O. The number of aromatic nitrogens is 3. The molecule has 0 saturated carbocycles. The molecule has 0 aliphatic carbocycles. The van der Waals surface area contributed by atoms with Gasteiger partial charge in [-0.25, -0.2) is 4.98 Å². The molecule has 1 aliphatic heterocycles. The fourth-order valence-electron chi connectivity index (χ4n) is 2.58. The minimum absolute atomic E-state index is 0.289. The molecule has 2 atom stereocenters. The Hall–Kier alpha value is -0.620. The minimum atomic E-state index is -0.505. The van der Waals surface area contributed by atoms with Crippen LogP contribution in [-0.2, 0) is 16.8 Å². The Bertz CT molecular complexity index is 608. The van der Waals surface area contributed by atoms with Gasteiger partial charge in [0.05, 0.1) is 6.61 Å². The van der Waals surface area contributed by atoms with Gasteiger partial charge in [-0.3, -0.25) is 5.10 Å². The number of aromatic amines is 1. The maximum absolute atomic E-state index is 6.36. The molecule has 2 aromatic rings. The highest BCUT2D eigenvalue weighted by molar-refractivity contribution is 9.09. The Kier molecular flexibility index (Phi) is 4.04. The van der Waals surface area contributed by atoms with Crippen LogP contribution in [0.25, 0.3) is 0 Å². The zero-order chi connectivity index (χ0) is 14.2. The molecule has 4 nitrogen and oxygen atoms in total.